The number of nitrogens with zero attached hydrogens (tertiary/aromatic N) is 1. The minimum absolute atomic E-state index is 0.0611. The molecule has 1 aromatic carbocycles. The monoisotopic (exact) mass is 272 g/mol. The Bertz CT molecular complexity index is 515. The van der Waals surface area contributed by atoms with Crippen LogP contribution in [0.25, 0.3) is 0 Å². The number of anilines is 1. The van der Waals surface area contributed by atoms with Gasteiger partial charge in [0.05, 0.1) is 11.0 Å². The van der Waals surface area contributed by atoms with Crippen molar-refractivity contribution < 1.29 is 13.5 Å². The molecule has 0 bridgehead atoms. The molecule has 0 aromatic heterocycles. The Labute approximate surface area is 108 Å². The van der Waals surface area contributed by atoms with Gasteiger partial charge in [-0.3, -0.25) is 0 Å². The van der Waals surface area contributed by atoms with E-state index in [0.29, 0.717) is 16.8 Å². The van der Waals surface area contributed by atoms with E-state index in [2.05, 4.69) is 0 Å². The lowest BCUT2D eigenvalue weighted by Crippen LogP contribution is -2.33. The third-order valence-corrected chi connectivity index (χ3v) is 4.80. The molecule has 0 radical (unpaired) electrons. The van der Waals surface area contributed by atoms with Crippen LogP contribution in [0.3, 0.4) is 0 Å². The smallest absolute Gasteiger partial charge is 0.243 e. The Balaban J connectivity index is 3.29. The van der Waals surface area contributed by atoms with Crippen molar-refractivity contribution in [2.45, 2.75) is 31.8 Å². The predicted octanol–water partition coefficient (Wildman–Crippen LogP) is 0.887. The molecule has 0 aliphatic carbocycles. The van der Waals surface area contributed by atoms with Crippen molar-refractivity contribution in [3.8, 4) is 0 Å². The molecule has 0 fully saturated rings. The number of hydrogen-bond acceptors (Lipinski definition) is 4. The summed E-state index contributed by atoms with van der Waals surface area (Å²) in [5, 5.41) is 9.29. The van der Waals surface area contributed by atoms with E-state index >= 15 is 0 Å². The highest BCUT2D eigenvalue weighted by Gasteiger charge is 2.25. The number of aryl methyl sites for hydroxylation is 2. The van der Waals surface area contributed by atoms with E-state index in [1.54, 1.807) is 32.9 Å². The van der Waals surface area contributed by atoms with E-state index in [0.717, 1.165) is 4.31 Å². The highest BCUT2D eigenvalue weighted by molar-refractivity contribution is 7.89. The number of nitrogen functional groups attached to an aromatic ring is 1. The maximum Gasteiger partial charge on any atom is 0.243 e. The predicted molar refractivity (Wildman–Crippen MR) is 71.8 cm³/mol. The molecule has 5 nitrogen and oxygen atoms in total. The van der Waals surface area contributed by atoms with Crippen LogP contribution in [0, 0.1) is 13.8 Å². The zero-order valence-electron chi connectivity index (χ0n) is 11.1. The number of likely N-dealkylation sites (N-methyl/N-ethyl adjacent to an activating group) is 1. The van der Waals surface area contributed by atoms with Gasteiger partial charge in [0, 0.05) is 19.3 Å². The minimum atomic E-state index is -3.59. The van der Waals surface area contributed by atoms with Gasteiger partial charge < -0.3 is 10.8 Å². The summed E-state index contributed by atoms with van der Waals surface area (Å²) in [4.78, 5) is 0.264. The fourth-order valence-electron chi connectivity index (χ4n) is 2.02. The topological polar surface area (TPSA) is 83.6 Å². The summed E-state index contributed by atoms with van der Waals surface area (Å²) in [6, 6.07) is 3.27. The molecule has 1 unspecified atom stereocenters. The van der Waals surface area contributed by atoms with E-state index in [-0.39, 0.29) is 11.4 Å². The van der Waals surface area contributed by atoms with Crippen LogP contribution >= 0.6 is 0 Å². The van der Waals surface area contributed by atoms with Crippen LogP contribution in [0.2, 0.25) is 0 Å². The Hall–Kier alpha value is -1.11. The van der Waals surface area contributed by atoms with Crippen molar-refractivity contribution in [1.82, 2.24) is 4.31 Å². The molecule has 3 N–H and O–H groups in total. The number of hydrogen-bond donors (Lipinski definition) is 2. The van der Waals surface area contributed by atoms with Crippen molar-refractivity contribution >= 4 is 15.7 Å². The number of nitrogens with two attached hydrogens (primary N) is 1. The fraction of sp³-hybridized carbons (Fsp3) is 0.500. The molecular formula is C12H20N2O3S. The maximum atomic E-state index is 12.4. The zero-order valence-corrected chi connectivity index (χ0v) is 12.0. The second-order valence-corrected chi connectivity index (χ2v) is 6.60. The molecule has 1 aromatic rings. The van der Waals surface area contributed by atoms with Gasteiger partial charge in [-0.15, -0.1) is 0 Å². The Morgan fingerprint density at radius 1 is 1.33 bits per heavy atom. The molecule has 0 saturated carbocycles. The molecule has 0 aliphatic rings. The van der Waals surface area contributed by atoms with Gasteiger partial charge in [0.15, 0.2) is 0 Å². The Morgan fingerprint density at radius 3 is 2.17 bits per heavy atom. The van der Waals surface area contributed by atoms with Gasteiger partial charge in [-0.25, -0.2) is 8.42 Å². The van der Waals surface area contributed by atoms with Crippen molar-refractivity contribution in [3.63, 3.8) is 0 Å². The van der Waals surface area contributed by atoms with Crippen molar-refractivity contribution in [2.75, 3.05) is 19.3 Å². The maximum absolute atomic E-state index is 12.4. The molecule has 0 aliphatic heterocycles. The second-order valence-electron chi connectivity index (χ2n) is 4.62. The lowest BCUT2D eigenvalue weighted by Gasteiger charge is -2.21. The van der Waals surface area contributed by atoms with Gasteiger partial charge in [-0.2, -0.15) is 4.31 Å². The summed E-state index contributed by atoms with van der Waals surface area (Å²) in [7, 11) is -2.14. The van der Waals surface area contributed by atoms with E-state index in [4.69, 9.17) is 5.73 Å². The molecule has 1 rings (SSSR count). The molecular weight excluding hydrogens is 252 g/mol. The van der Waals surface area contributed by atoms with Gasteiger partial charge in [0.1, 0.15) is 0 Å². The van der Waals surface area contributed by atoms with Crippen LogP contribution in [-0.4, -0.2) is 37.5 Å². The first-order valence-electron chi connectivity index (χ1n) is 5.67. The molecule has 0 heterocycles. The normalized spacial score (nSPS) is 13.9. The van der Waals surface area contributed by atoms with E-state index in [9.17, 15) is 13.5 Å². The standard InChI is InChI=1S/C12H20N2O3S/c1-8-5-11(13)6-9(2)12(8)18(16,17)14(4)7-10(3)15/h5-6,10,15H,7,13H2,1-4H3. The van der Waals surface area contributed by atoms with Crippen LogP contribution in [0.1, 0.15) is 18.1 Å². The number of aliphatic hydroxyl groups is 1. The molecule has 0 spiro atoms. The highest BCUT2D eigenvalue weighted by atomic mass is 32.2. The first-order chi connectivity index (χ1) is 8.16. The van der Waals surface area contributed by atoms with E-state index < -0.39 is 16.1 Å². The highest BCUT2D eigenvalue weighted by Crippen LogP contribution is 2.25. The summed E-state index contributed by atoms with van der Waals surface area (Å²) >= 11 is 0. The SMILES string of the molecule is Cc1cc(N)cc(C)c1S(=O)(=O)N(C)CC(C)O. The van der Waals surface area contributed by atoms with E-state index in [1.807, 2.05) is 0 Å². The van der Waals surface area contributed by atoms with Gasteiger partial charge in [-0.05, 0) is 44.0 Å². The van der Waals surface area contributed by atoms with Gasteiger partial charge in [-0.1, -0.05) is 0 Å². The van der Waals surface area contributed by atoms with Gasteiger partial charge in [0.2, 0.25) is 10.0 Å². The summed E-state index contributed by atoms with van der Waals surface area (Å²) in [5.41, 5.74) is 7.46. The van der Waals surface area contributed by atoms with Crippen LogP contribution in [0.4, 0.5) is 5.69 Å². The van der Waals surface area contributed by atoms with Gasteiger partial charge in [0.25, 0.3) is 0 Å². The van der Waals surface area contributed by atoms with Crippen LogP contribution < -0.4 is 5.73 Å². The van der Waals surface area contributed by atoms with Crippen LogP contribution in [-0.2, 0) is 10.0 Å². The molecule has 6 heteroatoms. The lowest BCUT2D eigenvalue weighted by atomic mass is 10.1. The first kappa shape index (κ1) is 14.9. The summed E-state index contributed by atoms with van der Waals surface area (Å²) in [6.07, 6.45) is -0.709. The number of sulfonamides is 1. The van der Waals surface area contributed by atoms with Crippen LogP contribution in [0.15, 0.2) is 17.0 Å². The summed E-state index contributed by atoms with van der Waals surface area (Å²) < 4.78 is 25.9. The third kappa shape index (κ3) is 3.01. The first-order valence-corrected chi connectivity index (χ1v) is 7.11. The number of rotatable bonds is 4. The lowest BCUT2D eigenvalue weighted by molar-refractivity contribution is 0.171. The molecule has 1 atom stereocenters. The Morgan fingerprint density at radius 2 is 1.78 bits per heavy atom. The zero-order chi connectivity index (χ0) is 14.1. The molecule has 0 amide bonds. The number of benzene rings is 1. The Kier molecular flexibility index (Phi) is 4.37. The average Bonchev–Trinajstić information content (AvgIpc) is 2.13. The van der Waals surface area contributed by atoms with Crippen LogP contribution in [0.5, 0.6) is 0 Å². The minimum Gasteiger partial charge on any atom is -0.399 e. The fourth-order valence-corrected chi connectivity index (χ4v) is 3.67. The molecule has 18 heavy (non-hydrogen) atoms. The third-order valence-electron chi connectivity index (χ3n) is 2.67. The molecule has 0 saturated heterocycles. The average molecular weight is 272 g/mol. The summed E-state index contributed by atoms with van der Waals surface area (Å²) in [5.74, 6) is 0. The van der Waals surface area contributed by atoms with Crippen molar-refractivity contribution in [1.29, 1.82) is 0 Å². The van der Waals surface area contributed by atoms with E-state index in [1.165, 1.54) is 7.05 Å². The van der Waals surface area contributed by atoms with Crippen molar-refractivity contribution in [3.05, 3.63) is 23.3 Å². The number of aliphatic hydroxyl groups excluding tert-OH is 1. The van der Waals surface area contributed by atoms with Crippen molar-refractivity contribution in [2.24, 2.45) is 0 Å². The largest absolute Gasteiger partial charge is 0.399 e. The van der Waals surface area contributed by atoms with Gasteiger partial charge >= 0.3 is 0 Å². The second kappa shape index (κ2) is 5.26. The quantitative estimate of drug-likeness (QED) is 0.797. The summed E-state index contributed by atoms with van der Waals surface area (Å²) in [6.45, 7) is 5.04. The molecule has 102 valence electrons.